The topological polar surface area (TPSA) is 17.1 Å². The second-order valence-corrected chi connectivity index (χ2v) is 17.3. The molecule has 0 fully saturated rings. The molecule has 0 spiro atoms. The van der Waals surface area contributed by atoms with E-state index < -0.39 is 7.14 Å². The van der Waals surface area contributed by atoms with E-state index in [0.29, 0.717) is 0 Å². The summed E-state index contributed by atoms with van der Waals surface area (Å²) < 4.78 is 14.6. The zero-order valence-electron chi connectivity index (χ0n) is 24.3. The first-order chi connectivity index (χ1) is 19.0. The number of fused-ring (bicyclic) bond motifs is 3. The Balaban J connectivity index is 1.62. The van der Waals surface area contributed by atoms with Gasteiger partial charge < -0.3 is 4.57 Å². The van der Waals surface area contributed by atoms with Crippen molar-refractivity contribution in [1.29, 1.82) is 0 Å². The van der Waals surface area contributed by atoms with Crippen molar-refractivity contribution in [2.24, 2.45) is 0 Å². The van der Waals surface area contributed by atoms with Gasteiger partial charge in [-0.05, 0) is 60.6 Å². The van der Waals surface area contributed by atoms with Crippen molar-refractivity contribution >= 4 is 44.8 Å². The molecule has 0 aliphatic heterocycles. The number of rotatable bonds is 3. The van der Waals surface area contributed by atoms with E-state index in [1.807, 2.05) is 0 Å². The minimum Gasteiger partial charge on any atom is -0.318 e. The Morgan fingerprint density at radius 2 is 0.850 bits per heavy atom. The SMILES string of the molecule is CC(C)(C)P(=O)(c1ccc(-c2c3ccccc3c(-c3ccc4ccccc4c3)c3ccccc23)cc1)C(C)(C)C. The molecule has 0 aromatic heterocycles. The zero-order valence-corrected chi connectivity index (χ0v) is 25.2. The lowest BCUT2D eigenvalue weighted by Gasteiger charge is -2.41. The Labute approximate surface area is 238 Å². The van der Waals surface area contributed by atoms with Crippen molar-refractivity contribution in [2.45, 2.75) is 51.9 Å². The van der Waals surface area contributed by atoms with Gasteiger partial charge in [-0.15, -0.1) is 0 Å². The predicted octanol–water partition coefficient (Wildman–Crippen LogP) is 11.1. The van der Waals surface area contributed by atoms with Crippen LogP contribution in [0.3, 0.4) is 0 Å². The largest absolute Gasteiger partial charge is 0.318 e. The van der Waals surface area contributed by atoms with Gasteiger partial charge >= 0.3 is 0 Å². The second-order valence-electron chi connectivity index (χ2n) is 12.9. The van der Waals surface area contributed by atoms with Gasteiger partial charge in [0.05, 0.1) is 0 Å². The van der Waals surface area contributed by atoms with E-state index in [1.165, 1.54) is 49.0 Å². The maximum Gasteiger partial charge on any atom is 0.125 e. The molecule has 0 radical (unpaired) electrons. The van der Waals surface area contributed by atoms with Crippen LogP contribution in [0.5, 0.6) is 0 Å². The van der Waals surface area contributed by atoms with Gasteiger partial charge in [-0.3, -0.25) is 0 Å². The summed E-state index contributed by atoms with van der Waals surface area (Å²) >= 11 is 0. The molecule has 6 aromatic rings. The third kappa shape index (κ3) is 4.11. The lowest BCUT2D eigenvalue weighted by Crippen LogP contribution is -2.34. The maximum absolute atomic E-state index is 14.6. The summed E-state index contributed by atoms with van der Waals surface area (Å²) in [4.78, 5) is 0. The summed E-state index contributed by atoms with van der Waals surface area (Å²) in [5.74, 6) is 0. The van der Waals surface area contributed by atoms with Crippen LogP contribution in [-0.4, -0.2) is 10.3 Å². The van der Waals surface area contributed by atoms with E-state index in [0.717, 1.165) is 10.9 Å². The van der Waals surface area contributed by atoms with Crippen LogP contribution in [0.1, 0.15) is 41.5 Å². The third-order valence-electron chi connectivity index (χ3n) is 8.38. The van der Waals surface area contributed by atoms with Gasteiger partial charge in [0.25, 0.3) is 0 Å². The Kier molecular flexibility index (Phi) is 6.28. The molecule has 0 saturated heterocycles. The van der Waals surface area contributed by atoms with Crippen molar-refractivity contribution < 1.29 is 4.57 Å². The Bertz CT molecular complexity index is 1860. The predicted molar refractivity (Wildman–Crippen MR) is 177 cm³/mol. The van der Waals surface area contributed by atoms with Crippen molar-refractivity contribution in [3.05, 3.63) is 115 Å². The van der Waals surface area contributed by atoms with E-state index in [9.17, 15) is 4.57 Å². The van der Waals surface area contributed by atoms with Gasteiger partial charge in [0.15, 0.2) is 0 Å². The number of hydrogen-bond acceptors (Lipinski definition) is 1. The van der Waals surface area contributed by atoms with Crippen LogP contribution >= 0.6 is 7.14 Å². The minimum atomic E-state index is -2.72. The van der Waals surface area contributed by atoms with Gasteiger partial charge in [0.1, 0.15) is 7.14 Å². The van der Waals surface area contributed by atoms with E-state index in [-0.39, 0.29) is 10.3 Å². The van der Waals surface area contributed by atoms with Crippen LogP contribution < -0.4 is 5.30 Å². The van der Waals surface area contributed by atoms with Crippen LogP contribution in [0.25, 0.3) is 54.6 Å². The summed E-state index contributed by atoms with van der Waals surface area (Å²) in [6.45, 7) is 12.7. The van der Waals surface area contributed by atoms with Gasteiger partial charge in [-0.2, -0.15) is 0 Å². The molecule has 0 heterocycles. The molecule has 1 nitrogen and oxygen atoms in total. The Morgan fingerprint density at radius 1 is 0.450 bits per heavy atom. The molecule has 0 unspecified atom stereocenters. The molecule has 0 saturated carbocycles. The van der Waals surface area contributed by atoms with Crippen molar-refractivity contribution in [1.82, 2.24) is 0 Å². The first-order valence-electron chi connectivity index (χ1n) is 14.1. The second kappa shape index (κ2) is 9.46. The zero-order chi connectivity index (χ0) is 28.3. The molecule has 2 heteroatoms. The van der Waals surface area contributed by atoms with Gasteiger partial charge in [0, 0.05) is 15.6 Å². The molecule has 0 bridgehead atoms. The quantitative estimate of drug-likeness (QED) is 0.161. The highest BCUT2D eigenvalue weighted by Gasteiger charge is 2.47. The van der Waals surface area contributed by atoms with E-state index in [1.54, 1.807) is 0 Å². The molecular formula is C38H37OP. The fourth-order valence-electron chi connectivity index (χ4n) is 6.71. The highest BCUT2D eigenvalue weighted by atomic mass is 31.2. The molecule has 0 atom stereocenters. The van der Waals surface area contributed by atoms with E-state index >= 15 is 0 Å². The maximum atomic E-state index is 14.6. The van der Waals surface area contributed by atoms with Crippen molar-refractivity contribution in [2.75, 3.05) is 0 Å². The first kappa shape index (κ1) is 26.5. The van der Waals surface area contributed by atoms with Crippen LogP contribution in [0.2, 0.25) is 0 Å². The normalized spacial score (nSPS) is 12.8. The summed E-state index contributed by atoms with van der Waals surface area (Å²) in [6, 6.07) is 41.5. The molecular weight excluding hydrogens is 503 g/mol. The average Bonchev–Trinajstić information content (AvgIpc) is 2.94. The lowest BCUT2D eigenvalue weighted by molar-refractivity contribution is 0.527. The highest BCUT2D eigenvalue weighted by Crippen LogP contribution is 2.65. The van der Waals surface area contributed by atoms with E-state index in [2.05, 4.69) is 157 Å². The van der Waals surface area contributed by atoms with Gasteiger partial charge in [-0.25, -0.2) is 0 Å². The molecule has 6 aromatic carbocycles. The molecule has 200 valence electrons. The molecule has 6 rings (SSSR count). The minimum absolute atomic E-state index is 0.326. The third-order valence-corrected chi connectivity index (χ3v) is 13.2. The van der Waals surface area contributed by atoms with Crippen molar-refractivity contribution in [3.63, 3.8) is 0 Å². The van der Waals surface area contributed by atoms with Crippen LogP contribution in [0.15, 0.2) is 115 Å². The van der Waals surface area contributed by atoms with Crippen LogP contribution in [0.4, 0.5) is 0 Å². The summed E-state index contributed by atoms with van der Waals surface area (Å²) in [6.07, 6.45) is 0. The number of benzene rings is 6. The molecule has 0 aliphatic carbocycles. The van der Waals surface area contributed by atoms with Crippen LogP contribution in [0, 0.1) is 0 Å². The molecule has 0 N–H and O–H groups in total. The summed E-state index contributed by atoms with van der Waals surface area (Å²) in [5, 5.41) is 7.74. The summed E-state index contributed by atoms with van der Waals surface area (Å²) in [5.41, 5.74) is 4.87. The van der Waals surface area contributed by atoms with Crippen molar-refractivity contribution in [3.8, 4) is 22.3 Å². The van der Waals surface area contributed by atoms with Gasteiger partial charge in [-0.1, -0.05) is 151 Å². The van der Waals surface area contributed by atoms with E-state index in [4.69, 9.17) is 0 Å². The first-order valence-corrected chi connectivity index (χ1v) is 15.9. The van der Waals surface area contributed by atoms with Gasteiger partial charge in [0.2, 0.25) is 0 Å². The molecule has 40 heavy (non-hydrogen) atoms. The molecule has 0 amide bonds. The Hall–Kier alpha value is -3.67. The summed E-state index contributed by atoms with van der Waals surface area (Å²) in [7, 11) is -2.72. The molecule has 0 aliphatic rings. The standard InChI is InChI=1S/C38H37OP/c1-37(2,3)40(39,38(4,5)6)30-23-21-27(22-24-30)35-31-15-9-11-17-33(31)36(34-18-12-10-16-32(34)35)29-20-19-26-13-7-8-14-28(26)25-29/h7-25H,1-6H3. The average molecular weight is 541 g/mol. The highest BCUT2D eigenvalue weighted by molar-refractivity contribution is 7.74. The lowest BCUT2D eigenvalue weighted by atomic mass is 9.85. The number of hydrogen-bond donors (Lipinski definition) is 0. The smallest absolute Gasteiger partial charge is 0.125 e. The fourth-order valence-corrected chi connectivity index (χ4v) is 10.8. The Morgan fingerprint density at radius 3 is 1.32 bits per heavy atom. The monoisotopic (exact) mass is 540 g/mol. The van der Waals surface area contributed by atoms with Crippen LogP contribution in [-0.2, 0) is 4.57 Å². The fraction of sp³-hybridized carbons (Fsp3) is 0.211.